The van der Waals surface area contributed by atoms with Crippen molar-refractivity contribution in [3.05, 3.63) is 71.3 Å². The molecule has 1 aliphatic rings. The predicted molar refractivity (Wildman–Crippen MR) is 111 cm³/mol. The molecule has 2 heteroatoms. The normalized spacial score (nSPS) is 20.8. The van der Waals surface area contributed by atoms with Crippen molar-refractivity contribution in [2.45, 2.75) is 70.8 Å². The lowest BCUT2D eigenvalue weighted by Gasteiger charge is -2.28. The van der Waals surface area contributed by atoms with Gasteiger partial charge in [0.15, 0.2) is 0 Å². The smallest absolute Gasteiger partial charge is 0.338 e. The van der Waals surface area contributed by atoms with Crippen molar-refractivity contribution in [2.24, 2.45) is 5.92 Å². The summed E-state index contributed by atoms with van der Waals surface area (Å²) in [7, 11) is 0. The third-order valence-electron chi connectivity index (χ3n) is 5.90. The molecule has 3 rings (SSSR count). The first-order chi connectivity index (χ1) is 13.2. The zero-order valence-electron chi connectivity index (χ0n) is 16.7. The Morgan fingerprint density at radius 2 is 1.67 bits per heavy atom. The van der Waals surface area contributed by atoms with Crippen molar-refractivity contribution < 1.29 is 9.53 Å². The topological polar surface area (TPSA) is 26.3 Å². The highest BCUT2D eigenvalue weighted by Gasteiger charge is 2.25. The second-order valence-electron chi connectivity index (χ2n) is 8.01. The molecule has 27 heavy (non-hydrogen) atoms. The average molecular weight is 365 g/mol. The van der Waals surface area contributed by atoms with Crippen LogP contribution < -0.4 is 0 Å². The van der Waals surface area contributed by atoms with E-state index in [4.69, 9.17) is 4.74 Å². The van der Waals surface area contributed by atoms with E-state index in [0.717, 1.165) is 36.3 Å². The third kappa shape index (κ3) is 5.45. The molecule has 1 atom stereocenters. The number of hydrogen-bond acceptors (Lipinski definition) is 2. The van der Waals surface area contributed by atoms with Crippen molar-refractivity contribution in [3.8, 4) is 0 Å². The monoisotopic (exact) mass is 364 g/mol. The number of hydrogen-bond donors (Lipinski definition) is 0. The second kappa shape index (κ2) is 9.73. The highest BCUT2D eigenvalue weighted by atomic mass is 16.5. The second-order valence-corrected chi connectivity index (χ2v) is 8.01. The fourth-order valence-corrected chi connectivity index (χ4v) is 4.29. The molecule has 2 aromatic carbocycles. The van der Waals surface area contributed by atoms with Gasteiger partial charge in [0.05, 0.1) is 5.56 Å². The minimum atomic E-state index is -0.148. The number of carbonyl (C=O) groups excluding carboxylic acids is 1. The first kappa shape index (κ1) is 19.7. The van der Waals surface area contributed by atoms with Crippen LogP contribution in [0.2, 0.25) is 0 Å². The summed E-state index contributed by atoms with van der Waals surface area (Å²) >= 11 is 0. The molecule has 0 radical (unpaired) electrons. The highest BCUT2D eigenvalue weighted by molar-refractivity contribution is 5.91. The van der Waals surface area contributed by atoms with Crippen molar-refractivity contribution in [2.75, 3.05) is 0 Å². The minimum Gasteiger partial charge on any atom is -0.459 e. The SMILES string of the molecule is CCCC1CCC(OC(=O)c2ccccc2C[C@@H](C)c2ccccc2)CC1. The minimum absolute atomic E-state index is 0.0882. The van der Waals surface area contributed by atoms with E-state index in [2.05, 4.69) is 44.2 Å². The summed E-state index contributed by atoms with van der Waals surface area (Å²) in [6.45, 7) is 4.46. The maximum absolute atomic E-state index is 12.8. The van der Waals surface area contributed by atoms with Crippen LogP contribution in [-0.4, -0.2) is 12.1 Å². The molecule has 0 aliphatic heterocycles. The van der Waals surface area contributed by atoms with Gasteiger partial charge < -0.3 is 4.74 Å². The molecule has 1 saturated carbocycles. The van der Waals surface area contributed by atoms with Crippen molar-refractivity contribution in [1.82, 2.24) is 0 Å². The summed E-state index contributed by atoms with van der Waals surface area (Å²) < 4.78 is 5.89. The molecule has 0 N–H and O–H groups in total. The molecule has 0 saturated heterocycles. The number of ether oxygens (including phenoxy) is 1. The first-order valence-electron chi connectivity index (χ1n) is 10.5. The molecule has 0 amide bonds. The maximum Gasteiger partial charge on any atom is 0.338 e. The van der Waals surface area contributed by atoms with Crippen molar-refractivity contribution >= 4 is 5.97 Å². The van der Waals surface area contributed by atoms with Gasteiger partial charge in [-0.2, -0.15) is 0 Å². The van der Waals surface area contributed by atoms with Crippen LogP contribution in [0.1, 0.15) is 79.8 Å². The van der Waals surface area contributed by atoms with Crippen LogP contribution in [0, 0.1) is 5.92 Å². The first-order valence-corrected chi connectivity index (χ1v) is 10.5. The van der Waals surface area contributed by atoms with Crippen molar-refractivity contribution in [3.63, 3.8) is 0 Å². The molecule has 0 unspecified atom stereocenters. The van der Waals surface area contributed by atoms with Crippen LogP contribution in [0.4, 0.5) is 0 Å². The molecule has 144 valence electrons. The molecule has 0 bridgehead atoms. The summed E-state index contributed by atoms with van der Waals surface area (Å²) in [6.07, 6.45) is 7.90. The molecular formula is C25H32O2. The van der Waals surface area contributed by atoms with Gasteiger partial charge in [-0.1, -0.05) is 75.2 Å². The quantitative estimate of drug-likeness (QED) is 0.521. The van der Waals surface area contributed by atoms with Gasteiger partial charge in [0.1, 0.15) is 6.10 Å². The van der Waals surface area contributed by atoms with Crippen LogP contribution in [0.15, 0.2) is 54.6 Å². The van der Waals surface area contributed by atoms with Crippen LogP contribution in [-0.2, 0) is 11.2 Å². The summed E-state index contributed by atoms with van der Waals surface area (Å²) in [5, 5.41) is 0. The predicted octanol–water partition coefficient (Wildman–Crippen LogP) is 6.55. The van der Waals surface area contributed by atoms with E-state index in [9.17, 15) is 4.79 Å². The van der Waals surface area contributed by atoms with Gasteiger partial charge in [-0.05, 0) is 61.1 Å². The summed E-state index contributed by atoms with van der Waals surface area (Å²) in [5.41, 5.74) is 3.12. The fourth-order valence-electron chi connectivity index (χ4n) is 4.29. The van der Waals surface area contributed by atoms with Crippen LogP contribution in [0.25, 0.3) is 0 Å². The van der Waals surface area contributed by atoms with E-state index in [1.807, 2.05) is 24.3 Å². The lowest BCUT2D eigenvalue weighted by Crippen LogP contribution is -2.25. The van der Waals surface area contributed by atoms with Gasteiger partial charge >= 0.3 is 5.97 Å². The lowest BCUT2D eigenvalue weighted by atomic mass is 9.84. The molecule has 2 aromatic rings. The Labute approximate surface area is 164 Å². The van der Waals surface area contributed by atoms with Crippen LogP contribution >= 0.6 is 0 Å². The zero-order valence-corrected chi connectivity index (χ0v) is 16.7. The molecule has 1 fully saturated rings. The Hall–Kier alpha value is -2.09. The summed E-state index contributed by atoms with van der Waals surface area (Å²) in [4.78, 5) is 12.8. The number of carbonyl (C=O) groups is 1. The molecule has 2 nitrogen and oxygen atoms in total. The molecule has 0 spiro atoms. The molecular weight excluding hydrogens is 332 g/mol. The summed E-state index contributed by atoms with van der Waals surface area (Å²) in [6, 6.07) is 18.4. The van der Waals surface area contributed by atoms with Crippen LogP contribution in [0.5, 0.6) is 0 Å². The largest absolute Gasteiger partial charge is 0.459 e. The van der Waals surface area contributed by atoms with Gasteiger partial charge in [-0.3, -0.25) is 0 Å². The third-order valence-corrected chi connectivity index (χ3v) is 5.90. The Bertz CT molecular complexity index is 714. The summed E-state index contributed by atoms with van der Waals surface area (Å²) in [5.74, 6) is 1.04. The van der Waals surface area contributed by atoms with Gasteiger partial charge in [0, 0.05) is 0 Å². The van der Waals surface area contributed by atoms with E-state index < -0.39 is 0 Å². The number of esters is 1. The average Bonchev–Trinajstić information content (AvgIpc) is 2.70. The van der Waals surface area contributed by atoms with E-state index in [1.54, 1.807) is 0 Å². The lowest BCUT2D eigenvalue weighted by molar-refractivity contribution is 0.0160. The van der Waals surface area contributed by atoms with E-state index in [-0.39, 0.29) is 12.1 Å². The van der Waals surface area contributed by atoms with Gasteiger partial charge in [0.2, 0.25) is 0 Å². The Morgan fingerprint density at radius 1 is 1.00 bits per heavy atom. The van der Waals surface area contributed by atoms with Crippen molar-refractivity contribution in [1.29, 1.82) is 0 Å². The molecule has 0 heterocycles. The highest BCUT2D eigenvalue weighted by Crippen LogP contribution is 2.30. The van der Waals surface area contributed by atoms with E-state index in [1.165, 1.54) is 31.2 Å². The van der Waals surface area contributed by atoms with E-state index >= 15 is 0 Å². The van der Waals surface area contributed by atoms with Gasteiger partial charge in [-0.25, -0.2) is 4.79 Å². The van der Waals surface area contributed by atoms with Gasteiger partial charge in [-0.15, -0.1) is 0 Å². The number of benzene rings is 2. The van der Waals surface area contributed by atoms with E-state index in [0.29, 0.717) is 5.92 Å². The number of rotatable bonds is 7. The zero-order chi connectivity index (χ0) is 19.1. The van der Waals surface area contributed by atoms with Gasteiger partial charge in [0.25, 0.3) is 0 Å². The fraction of sp³-hybridized carbons (Fsp3) is 0.480. The molecule has 1 aliphatic carbocycles. The maximum atomic E-state index is 12.8. The Morgan fingerprint density at radius 3 is 2.37 bits per heavy atom. The Kier molecular flexibility index (Phi) is 7.09. The van der Waals surface area contributed by atoms with Crippen LogP contribution in [0.3, 0.4) is 0 Å². The Balaban J connectivity index is 1.62. The standard InChI is InChI=1S/C25H32O2/c1-3-9-20-14-16-23(17-15-20)27-25(26)24-13-8-7-12-22(24)18-19(2)21-10-5-4-6-11-21/h4-8,10-13,19-20,23H,3,9,14-18H2,1-2H3/t19-,20?,23?/m1/s1. The molecule has 0 aromatic heterocycles.